The Labute approximate surface area is 171 Å². The highest BCUT2D eigenvalue weighted by atomic mass is 32.2. The van der Waals surface area contributed by atoms with Gasteiger partial charge in [-0.1, -0.05) is 0 Å². The zero-order valence-electron chi connectivity index (χ0n) is 17.4. The molecule has 3 rings (SSSR count). The lowest BCUT2D eigenvalue weighted by molar-refractivity contribution is 0.0697. The van der Waals surface area contributed by atoms with Crippen molar-refractivity contribution in [1.82, 2.24) is 14.2 Å². The smallest absolute Gasteiger partial charge is 0.255 e. The summed E-state index contributed by atoms with van der Waals surface area (Å²) in [7, 11) is -3.67. The molecular formula is C21H26FN3O3S. The first-order chi connectivity index (χ1) is 13.6. The van der Waals surface area contributed by atoms with Crippen LogP contribution in [-0.4, -0.2) is 54.7 Å². The highest BCUT2D eigenvalue weighted by Gasteiger charge is 2.33. The number of hydrogen-bond acceptors (Lipinski definition) is 4. The quantitative estimate of drug-likeness (QED) is 0.718. The van der Waals surface area contributed by atoms with Crippen molar-refractivity contribution in [3.05, 3.63) is 57.7 Å². The van der Waals surface area contributed by atoms with Crippen molar-refractivity contribution >= 4 is 15.9 Å². The Balaban J connectivity index is 1.82. The number of halogens is 1. The fourth-order valence-corrected chi connectivity index (χ4v) is 5.78. The maximum atomic E-state index is 13.4. The van der Waals surface area contributed by atoms with Crippen LogP contribution in [-0.2, 0) is 10.0 Å². The van der Waals surface area contributed by atoms with E-state index in [-0.39, 0.29) is 32.1 Å². The summed E-state index contributed by atoms with van der Waals surface area (Å²) < 4.78 is 41.2. The molecule has 1 amide bonds. The van der Waals surface area contributed by atoms with E-state index in [0.29, 0.717) is 10.5 Å². The fraction of sp³-hybridized carbons (Fsp3) is 0.429. The molecule has 0 unspecified atom stereocenters. The van der Waals surface area contributed by atoms with Crippen LogP contribution in [0.15, 0.2) is 23.2 Å². The van der Waals surface area contributed by atoms with Crippen LogP contribution >= 0.6 is 0 Å². The fourth-order valence-electron chi connectivity index (χ4n) is 3.80. The molecule has 1 fully saturated rings. The van der Waals surface area contributed by atoms with Gasteiger partial charge in [0.2, 0.25) is 16.0 Å². The summed E-state index contributed by atoms with van der Waals surface area (Å²) in [5, 5.41) is 0. The Morgan fingerprint density at radius 1 is 0.897 bits per heavy atom. The summed E-state index contributed by atoms with van der Waals surface area (Å²) in [6.07, 6.45) is 1.20. The lowest BCUT2D eigenvalue weighted by atomic mass is 9.95. The van der Waals surface area contributed by atoms with Gasteiger partial charge in [0, 0.05) is 32.4 Å². The summed E-state index contributed by atoms with van der Waals surface area (Å²) >= 11 is 0. The van der Waals surface area contributed by atoms with E-state index < -0.39 is 16.0 Å². The van der Waals surface area contributed by atoms with Crippen LogP contribution in [0.3, 0.4) is 0 Å². The molecule has 0 aliphatic carbocycles. The van der Waals surface area contributed by atoms with Crippen molar-refractivity contribution in [2.24, 2.45) is 0 Å². The van der Waals surface area contributed by atoms with Gasteiger partial charge in [-0.2, -0.15) is 8.70 Å². The molecule has 2 heterocycles. The Morgan fingerprint density at radius 3 is 1.90 bits per heavy atom. The maximum Gasteiger partial charge on any atom is 0.255 e. The van der Waals surface area contributed by atoms with Gasteiger partial charge in [-0.15, -0.1) is 0 Å². The monoisotopic (exact) mass is 419 g/mol. The van der Waals surface area contributed by atoms with Gasteiger partial charge in [-0.3, -0.25) is 4.79 Å². The molecule has 0 N–H and O–H groups in total. The standard InChI is InChI=1S/C21H26FN3O3S/c1-13-14(2)16(4)20(17(5)15(13)3)29(27,28)25-10-8-24(9-11-25)21(26)18-6-7-19(22)23-12-18/h6-7,12H,8-11H2,1-5H3. The number of carbonyl (C=O) groups excluding carboxylic acids is 1. The van der Waals surface area contributed by atoms with Gasteiger partial charge in [-0.05, 0) is 74.6 Å². The molecule has 0 saturated carbocycles. The summed E-state index contributed by atoms with van der Waals surface area (Å²) in [5.74, 6) is -0.921. The van der Waals surface area contributed by atoms with Gasteiger partial charge >= 0.3 is 0 Å². The number of aromatic nitrogens is 1. The van der Waals surface area contributed by atoms with E-state index in [1.807, 2.05) is 34.6 Å². The Hall–Kier alpha value is -2.32. The maximum absolute atomic E-state index is 13.4. The van der Waals surface area contributed by atoms with E-state index in [2.05, 4.69) is 4.98 Å². The molecule has 0 spiro atoms. The van der Waals surface area contributed by atoms with Gasteiger partial charge in [0.05, 0.1) is 10.5 Å². The van der Waals surface area contributed by atoms with Gasteiger partial charge in [0.1, 0.15) is 0 Å². The number of piperazine rings is 1. The number of sulfonamides is 1. The second kappa shape index (κ2) is 7.84. The highest BCUT2D eigenvalue weighted by molar-refractivity contribution is 7.89. The first-order valence-electron chi connectivity index (χ1n) is 9.53. The van der Waals surface area contributed by atoms with Crippen molar-refractivity contribution in [2.45, 2.75) is 39.5 Å². The molecule has 0 atom stereocenters. The third-order valence-electron chi connectivity index (χ3n) is 6.03. The van der Waals surface area contributed by atoms with Crippen LogP contribution in [0.1, 0.15) is 38.2 Å². The molecule has 1 aromatic heterocycles. The summed E-state index contributed by atoms with van der Waals surface area (Å²) in [6.45, 7) is 10.6. The molecular weight excluding hydrogens is 393 g/mol. The third-order valence-corrected chi connectivity index (χ3v) is 8.20. The molecule has 1 saturated heterocycles. The predicted octanol–water partition coefficient (Wildman–Crippen LogP) is 2.91. The average Bonchev–Trinajstić information content (AvgIpc) is 2.71. The Bertz CT molecular complexity index is 1030. The highest BCUT2D eigenvalue weighted by Crippen LogP contribution is 2.32. The minimum Gasteiger partial charge on any atom is -0.336 e. The number of rotatable bonds is 3. The molecule has 1 aromatic carbocycles. The number of carbonyl (C=O) groups is 1. The molecule has 29 heavy (non-hydrogen) atoms. The largest absolute Gasteiger partial charge is 0.336 e. The van der Waals surface area contributed by atoms with Crippen LogP contribution in [0.5, 0.6) is 0 Å². The van der Waals surface area contributed by atoms with Crippen molar-refractivity contribution < 1.29 is 17.6 Å². The minimum absolute atomic E-state index is 0.216. The van der Waals surface area contributed by atoms with Crippen LogP contribution < -0.4 is 0 Å². The van der Waals surface area contributed by atoms with E-state index in [1.54, 1.807) is 4.90 Å². The van der Waals surface area contributed by atoms with Crippen molar-refractivity contribution in [3.63, 3.8) is 0 Å². The Morgan fingerprint density at radius 2 is 1.41 bits per heavy atom. The third kappa shape index (κ3) is 3.79. The van der Waals surface area contributed by atoms with E-state index in [1.165, 1.54) is 16.6 Å². The van der Waals surface area contributed by atoms with Gasteiger partial charge in [0.25, 0.3) is 5.91 Å². The number of amides is 1. The van der Waals surface area contributed by atoms with Crippen LogP contribution in [0.4, 0.5) is 4.39 Å². The molecule has 0 radical (unpaired) electrons. The van der Waals surface area contributed by atoms with E-state index in [4.69, 9.17) is 0 Å². The molecule has 8 heteroatoms. The first-order valence-corrected chi connectivity index (χ1v) is 11.0. The van der Waals surface area contributed by atoms with Crippen molar-refractivity contribution in [1.29, 1.82) is 0 Å². The SMILES string of the molecule is Cc1c(C)c(C)c(S(=O)(=O)N2CCN(C(=O)c3ccc(F)nc3)CC2)c(C)c1C. The second-order valence-corrected chi connectivity index (χ2v) is 9.39. The molecule has 1 aliphatic rings. The number of hydrogen-bond donors (Lipinski definition) is 0. The normalized spacial score (nSPS) is 15.6. The number of nitrogens with zero attached hydrogens (tertiary/aromatic N) is 3. The van der Waals surface area contributed by atoms with Gasteiger partial charge < -0.3 is 4.90 Å². The molecule has 156 valence electrons. The van der Waals surface area contributed by atoms with E-state index in [9.17, 15) is 17.6 Å². The van der Waals surface area contributed by atoms with E-state index in [0.717, 1.165) is 33.9 Å². The van der Waals surface area contributed by atoms with Crippen molar-refractivity contribution in [2.75, 3.05) is 26.2 Å². The second-order valence-electron chi connectivity index (χ2n) is 7.52. The lowest BCUT2D eigenvalue weighted by Crippen LogP contribution is -2.50. The minimum atomic E-state index is -3.67. The van der Waals surface area contributed by atoms with Crippen molar-refractivity contribution in [3.8, 4) is 0 Å². The first kappa shape index (κ1) is 21.4. The number of pyridine rings is 1. The zero-order valence-corrected chi connectivity index (χ0v) is 18.2. The molecule has 0 bridgehead atoms. The number of benzene rings is 1. The summed E-state index contributed by atoms with van der Waals surface area (Å²) in [5.41, 5.74) is 4.94. The summed E-state index contributed by atoms with van der Waals surface area (Å²) in [4.78, 5) is 18.0. The lowest BCUT2D eigenvalue weighted by Gasteiger charge is -2.35. The molecule has 6 nitrogen and oxygen atoms in total. The zero-order chi connectivity index (χ0) is 21.5. The molecule has 2 aromatic rings. The average molecular weight is 420 g/mol. The van der Waals surface area contributed by atoms with Gasteiger partial charge in [-0.25, -0.2) is 13.4 Å². The summed E-state index contributed by atoms with van der Waals surface area (Å²) in [6, 6.07) is 2.53. The molecule has 1 aliphatic heterocycles. The Kier molecular flexibility index (Phi) is 5.78. The van der Waals surface area contributed by atoms with Crippen LogP contribution in [0, 0.1) is 40.6 Å². The van der Waals surface area contributed by atoms with E-state index >= 15 is 0 Å². The topological polar surface area (TPSA) is 70.6 Å². The van der Waals surface area contributed by atoms with Crippen LogP contribution in [0.2, 0.25) is 0 Å². The van der Waals surface area contributed by atoms with Gasteiger partial charge in [0.15, 0.2) is 0 Å². The predicted molar refractivity (Wildman–Crippen MR) is 109 cm³/mol. The van der Waals surface area contributed by atoms with Crippen LogP contribution in [0.25, 0.3) is 0 Å².